The van der Waals surface area contributed by atoms with E-state index in [0.717, 1.165) is 31.0 Å². The zero-order valence-corrected chi connectivity index (χ0v) is 21.1. The van der Waals surface area contributed by atoms with E-state index >= 15 is 0 Å². The molecular formula is C22H33IN4O2S. The molecule has 1 heterocycles. The monoisotopic (exact) mass is 544 g/mol. The van der Waals surface area contributed by atoms with Crippen LogP contribution in [-0.4, -0.2) is 38.1 Å². The van der Waals surface area contributed by atoms with Crippen LogP contribution in [0.5, 0.6) is 5.75 Å². The molecule has 6 nitrogen and oxygen atoms in total. The van der Waals surface area contributed by atoms with Crippen LogP contribution in [0, 0.1) is 5.92 Å². The summed E-state index contributed by atoms with van der Waals surface area (Å²) < 4.78 is 5.55. The lowest BCUT2D eigenvalue weighted by Crippen LogP contribution is -2.39. The minimum Gasteiger partial charge on any atom is -0.484 e. The minimum atomic E-state index is -0.119. The molecule has 8 heteroatoms. The van der Waals surface area contributed by atoms with Crippen molar-refractivity contribution in [3.63, 3.8) is 0 Å². The lowest BCUT2D eigenvalue weighted by atomic mass is 10.1. The largest absolute Gasteiger partial charge is 0.484 e. The molecule has 2 rings (SSSR count). The van der Waals surface area contributed by atoms with Gasteiger partial charge in [0.05, 0.1) is 6.54 Å². The molecule has 0 radical (unpaired) electrons. The third-order valence-electron chi connectivity index (χ3n) is 4.15. The smallest absolute Gasteiger partial charge is 0.257 e. The van der Waals surface area contributed by atoms with Crippen LogP contribution in [-0.2, 0) is 17.8 Å². The van der Waals surface area contributed by atoms with Crippen molar-refractivity contribution in [1.29, 1.82) is 0 Å². The predicted molar refractivity (Wildman–Crippen MR) is 136 cm³/mol. The standard InChI is InChI=1S/C22H32N4O2S.HI/c1-4-23-21(27)16-28-19-9-6-8-18(13-19)15-26-22(24-5-2)25-14-17(3)12-20-10-7-11-29-20;/h6-11,13,17H,4-5,12,14-16H2,1-3H3,(H,23,27)(H2,24,25,26);1H. The molecule has 1 atom stereocenters. The van der Waals surface area contributed by atoms with E-state index in [0.29, 0.717) is 24.8 Å². The zero-order chi connectivity index (χ0) is 20.9. The molecule has 2 aromatic rings. The number of benzene rings is 1. The quantitative estimate of drug-likeness (QED) is 0.229. The number of guanidine groups is 1. The van der Waals surface area contributed by atoms with Gasteiger partial charge in [0.15, 0.2) is 12.6 Å². The third-order valence-corrected chi connectivity index (χ3v) is 5.05. The molecule has 0 bridgehead atoms. The number of halogens is 1. The van der Waals surface area contributed by atoms with Crippen LogP contribution < -0.4 is 20.7 Å². The summed E-state index contributed by atoms with van der Waals surface area (Å²) >= 11 is 1.80. The fraction of sp³-hybridized carbons (Fsp3) is 0.455. The number of ether oxygens (including phenoxy) is 1. The van der Waals surface area contributed by atoms with Crippen molar-refractivity contribution >= 4 is 47.2 Å². The first-order valence-corrected chi connectivity index (χ1v) is 11.0. The van der Waals surface area contributed by atoms with Crippen LogP contribution in [0.4, 0.5) is 0 Å². The van der Waals surface area contributed by atoms with Gasteiger partial charge in [0.25, 0.3) is 5.91 Å². The van der Waals surface area contributed by atoms with Crippen LogP contribution in [0.25, 0.3) is 0 Å². The van der Waals surface area contributed by atoms with Crippen LogP contribution in [0.2, 0.25) is 0 Å². The van der Waals surface area contributed by atoms with E-state index in [-0.39, 0.29) is 36.5 Å². The first-order chi connectivity index (χ1) is 14.1. The van der Waals surface area contributed by atoms with Gasteiger partial charge in [-0.05, 0) is 55.3 Å². The first kappa shape index (κ1) is 26.2. The number of hydrogen-bond donors (Lipinski definition) is 3. The normalized spacial score (nSPS) is 11.9. The number of thiophene rings is 1. The summed E-state index contributed by atoms with van der Waals surface area (Å²) in [5, 5.41) is 11.6. The van der Waals surface area contributed by atoms with E-state index in [1.54, 1.807) is 11.3 Å². The summed E-state index contributed by atoms with van der Waals surface area (Å²) in [6.07, 6.45) is 1.06. The maximum absolute atomic E-state index is 11.5. The van der Waals surface area contributed by atoms with E-state index in [9.17, 15) is 4.79 Å². The average molecular weight is 545 g/mol. The summed E-state index contributed by atoms with van der Waals surface area (Å²) in [6.45, 7) is 9.01. The Bertz CT molecular complexity index is 768. The van der Waals surface area contributed by atoms with Crippen LogP contribution in [0.15, 0.2) is 46.8 Å². The number of nitrogens with zero attached hydrogens (tertiary/aromatic N) is 1. The molecule has 0 aliphatic rings. The number of rotatable bonds is 11. The Morgan fingerprint density at radius 3 is 2.63 bits per heavy atom. The maximum atomic E-state index is 11.5. The summed E-state index contributed by atoms with van der Waals surface area (Å²) in [7, 11) is 0. The molecule has 166 valence electrons. The van der Waals surface area contributed by atoms with Gasteiger partial charge in [0.1, 0.15) is 5.75 Å². The van der Waals surface area contributed by atoms with Gasteiger partial charge in [-0.2, -0.15) is 0 Å². The van der Waals surface area contributed by atoms with Gasteiger partial charge in [0.2, 0.25) is 0 Å². The zero-order valence-electron chi connectivity index (χ0n) is 17.9. The molecule has 0 aliphatic heterocycles. The van der Waals surface area contributed by atoms with Gasteiger partial charge in [-0.25, -0.2) is 4.99 Å². The number of aliphatic imine (C=N–C) groups is 1. The minimum absolute atomic E-state index is 0. The fourth-order valence-corrected chi connectivity index (χ4v) is 3.63. The Morgan fingerprint density at radius 1 is 1.13 bits per heavy atom. The highest BCUT2D eigenvalue weighted by atomic mass is 127. The van der Waals surface area contributed by atoms with E-state index in [4.69, 9.17) is 4.74 Å². The van der Waals surface area contributed by atoms with Gasteiger partial charge in [0, 0.05) is 24.5 Å². The molecule has 0 fully saturated rings. The number of hydrogen-bond acceptors (Lipinski definition) is 4. The molecule has 0 saturated carbocycles. The topological polar surface area (TPSA) is 74.8 Å². The Morgan fingerprint density at radius 2 is 1.93 bits per heavy atom. The summed E-state index contributed by atoms with van der Waals surface area (Å²) in [6, 6.07) is 12.0. The van der Waals surface area contributed by atoms with E-state index in [1.165, 1.54) is 4.88 Å². The molecule has 1 aromatic heterocycles. The molecule has 1 aromatic carbocycles. The van der Waals surface area contributed by atoms with Crippen LogP contribution in [0.3, 0.4) is 0 Å². The van der Waals surface area contributed by atoms with Crippen molar-refractivity contribution in [1.82, 2.24) is 16.0 Å². The number of likely N-dealkylation sites (N-methyl/N-ethyl adjacent to an activating group) is 1. The van der Waals surface area contributed by atoms with Crippen molar-refractivity contribution in [3.05, 3.63) is 52.2 Å². The van der Waals surface area contributed by atoms with Gasteiger partial charge in [-0.15, -0.1) is 35.3 Å². The maximum Gasteiger partial charge on any atom is 0.257 e. The van der Waals surface area contributed by atoms with E-state index < -0.39 is 0 Å². The number of carbonyl (C=O) groups is 1. The van der Waals surface area contributed by atoms with Gasteiger partial charge in [-0.3, -0.25) is 4.79 Å². The predicted octanol–water partition coefficient (Wildman–Crippen LogP) is 3.81. The van der Waals surface area contributed by atoms with Crippen molar-refractivity contribution in [2.24, 2.45) is 10.9 Å². The number of carbonyl (C=O) groups excluding carboxylic acids is 1. The third kappa shape index (κ3) is 10.3. The Labute approximate surface area is 200 Å². The van der Waals surface area contributed by atoms with Crippen molar-refractivity contribution < 1.29 is 9.53 Å². The van der Waals surface area contributed by atoms with Crippen molar-refractivity contribution in [3.8, 4) is 5.75 Å². The molecule has 0 aliphatic carbocycles. The van der Waals surface area contributed by atoms with Crippen molar-refractivity contribution in [2.45, 2.75) is 33.7 Å². The average Bonchev–Trinajstić information content (AvgIpc) is 3.22. The lowest BCUT2D eigenvalue weighted by molar-refractivity contribution is -0.122. The highest BCUT2D eigenvalue weighted by molar-refractivity contribution is 14.0. The molecule has 3 N–H and O–H groups in total. The molecule has 0 spiro atoms. The molecule has 1 amide bonds. The highest BCUT2D eigenvalue weighted by Gasteiger charge is 2.07. The summed E-state index contributed by atoms with van der Waals surface area (Å²) in [5.74, 6) is 1.88. The van der Waals surface area contributed by atoms with E-state index in [1.807, 2.05) is 31.2 Å². The van der Waals surface area contributed by atoms with Crippen molar-refractivity contribution in [2.75, 3.05) is 26.2 Å². The second-order valence-corrected chi connectivity index (χ2v) is 7.89. The lowest BCUT2D eigenvalue weighted by Gasteiger charge is -2.15. The SMILES string of the molecule is CCNC(=O)COc1cccc(CN=C(NCC)NCC(C)Cc2cccs2)c1.I. The first-order valence-electron chi connectivity index (χ1n) is 10.1. The summed E-state index contributed by atoms with van der Waals surface area (Å²) in [5.41, 5.74) is 1.03. The number of nitrogens with one attached hydrogen (secondary N) is 3. The van der Waals surface area contributed by atoms with Crippen LogP contribution >= 0.6 is 35.3 Å². The highest BCUT2D eigenvalue weighted by Crippen LogP contribution is 2.15. The number of amides is 1. The molecule has 30 heavy (non-hydrogen) atoms. The van der Waals surface area contributed by atoms with Gasteiger partial charge >= 0.3 is 0 Å². The summed E-state index contributed by atoms with van der Waals surface area (Å²) in [4.78, 5) is 17.6. The second-order valence-electron chi connectivity index (χ2n) is 6.85. The van der Waals surface area contributed by atoms with Crippen LogP contribution in [0.1, 0.15) is 31.2 Å². The Balaban J connectivity index is 0.00000450. The Hall–Kier alpha value is -1.81. The van der Waals surface area contributed by atoms with E-state index in [2.05, 4.69) is 52.3 Å². The van der Waals surface area contributed by atoms with Gasteiger partial charge < -0.3 is 20.7 Å². The Kier molecular flexibility index (Phi) is 13.2. The van der Waals surface area contributed by atoms with Gasteiger partial charge in [-0.1, -0.05) is 25.1 Å². The molecule has 0 saturated heterocycles. The molecular weight excluding hydrogens is 511 g/mol. The molecule has 1 unspecified atom stereocenters. The fourth-order valence-electron chi connectivity index (χ4n) is 2.76. The second kappa shape index (κ2) is 15.1.